The third-order valence-corrected chi connectivity index (χ3v) is 5.33. The van der Waals surface area contributed by atoms with E-state index in [1.54, 1.807) is 4.52 Å². The second kappa shape index (κ2) is 7.36. The molecule has 0 aliphatic carbocycles. The van der Waals surface area contributed by atoms with Gasteiger partial charge in [0.2, 0.25) is 5.91 Å². The third-order valence-electron chi connectivity index (χ3n) is 4.41. The van der Waals surface area contributed by atoms with E-state index in [1.165, 1.54) is 17.1 Å². The monoisotopic (exact) mass is 377 g/mol. The summed E-state index contributed by atoms with van der Waals surface area (Å²) < 4.78 is 1.68. The number of thioether (sulfide) groups is 1. The van der Waals surface area contributed by atoms with Gasteiger partial charge in [0.1, 0.15) is 5.03 Å². The fourth-order valence-corrected chi connectivity index (χ4v) is 3.75. The molecule has 27 heavy (non-hydrogen) atoms. The lowest BCUT2D eigenvalue weighted by Crippen LogP contribution is -2.28. The van der Waals surface area contributed by atoms with Crippen LogP contribution in [-0.4, -0.2) is 31.5 Å². The molecule has 1 unspecified atom stereocenters. The molecule has 136 valence electrons. The highest BCUT2D eigenvalue weighted by molar-refractivity contribution is 7.99. The number of fused-ring (bicyclic) bond motifs is 2. The Morgan fingerprint density at radius 2 is 1.93 bits per heavy atom. The molecular weight excluding hydrogens is 358 g/mol. The number of hydrogen-bond donors (Lipinski definition) is 1. The molecule has 0 saturated carbocycles. The van der Waals surface area contributed by atoms with E-state index < -0.39 is 0 Å². The number of nitrogens with one attached hydrogen (secondary N) is 1. The van der Waals surface area contributed by atoms with Crippen molar-refractivity contribution in [2.45, 2.75) is 24.9 Å². The van der Waals surface area contributed by atoms with E-state index in [4.69, 9.17) is 0 Å². The van der Waals surface area contributed by atoms with Crippen molar-refractivity contribution >= 4 is 34.1 Å². The molecule has 4 rings (SSSR count). The van der Waals surface area contributed by atoms with Gasteiger partial charge in [-0.05, 0) is 42.3 Å². The minimum absolute atomic E-state index is 0.0252. The molecular formula is C20H19N5OS. The Morgan fingerprint density at radius 1 is 1.11 bits per heavy atom. The summed E-state index contributed by atoms with van der Waals surface area (Å²) in [4.78, 5) is 12.4. The maximum absolute atomic E-state index is 12.4. The third kappa shape index (κ3) is 3.64. The lowest BCUT2D eigenvalue weighted by Gasteiger charge is -2.16. The molecule has 0 aliphatic heterocycles. The Morgan fingerprint density at radius 3 is 2.81 bits per heavy atom. The zero-order chi connectivity index (χ0) is 18.8. The zero-order valence-electron chi connectivity index (χ0n) is 15.1. The van der Waals surface area contributed by atoms with Crippen LogP contribution in [-0.2, 0) is 4.79 Å². The number of aromatic nitrogens is 4. The van der Waals surface area contributed by atoms with Gasteiger partial charge < -0.3 is 5.32 Å². The molecule has 0 bridgehead atoms. The van der Waals surface area contributed by atoms with Gasteiger partial charge in [-0.15, -0.1) is 10.2 Å². The quantitative estimate of drug-likeness (QED) is 0.539. The molecule has 7 heteroatoms. The smallest absolute Gasteiger partial charge is 0.230 e. The Balaban J connectivity index is 1.43. The zero-order valence-corrected chi connectivity index (χ0v) is 15.9. The summed E-state index contributed by atoms with van der Waals surface area (Å²) in [5.41, 5.74) is 1.82. The maximum atomic E-state index is 12.4. The molecule has 0 radical (unpaired) electrons. The molecule has 6 nitrogen and oxygen atoms in total. The normalized spacial score (nSPS) is 12.4. The van der Waals surface area contributed by atoms with Gasteiger partial charge in [-0.2, -0.15) is 9.61 Å². The Kier molecular flexibility index (Phi) is 4.77. The first-order valence-electron chi connectivity index (χ1n) is 8.71. The predicted molar refractivity (Wildman–Crippen MR) is 107 cm³/mol. The molecule has 4 aromatic rings. The average molecular weight is 377 g/mol. The first-order valence-corrected chi connectivity index (χ1v) is 9.69. The highest BCUT2D eigenvalue weighted by atomic mass is 32.2. The van der Waals surface area contributed by atoms with Gasteiger partial charge in [0.25, 0.3) is 0 Å². The lowest BCUT2D eigenvalue weighted by molar-refractivity contribution is -0.119. The SMILES string of the molecule is Cc1nnc2ccc(SCC(=O)NC(C)c3cccc4ccccc34)nn12. The van der Waals surface area contributed by atoms with Crippen LogP contribution >= 0.6 is 11.8 Å². The molecule has 0 saturated heterocycles. The number of aryl methyl sites for hydroxylation is 1. The molecule has 0 fully saturated rings. The van der Waals surface area contributed by atoms with Crippen molar-refractivity contribution in [2.75, 3.05) is 5.75 Å². The second-order valence-electron chi connectivity index (χ2n) is 6.34. The number of amides is 1. The van der Waals surface area contributed by atoms with E-state index in [0.717, 1.165) is 21.8 Å². The molecule has 0 aliphatic rings. The van der Waals surface area contributed by atoms with Gasteiger partial charge in [-0.3, -0.25) is 4.79 Å². The topological polar surface area (TPSA) is 72.2 Å². The van der Waals surface area contributed by atoms with Gasteiger partial charge in [-0.1, -0.05) is 54.2 Å². The van der Waals surface area contributed by atoms with Crippen LogP contribution in [0.15, 0.2) is 59.6 Å². The summed E-state index contributed by atoms with van der Waals surface area (Å²) in [5.74, 6) is 0.999. The van der Waals surface area contributed by atoms with Crippen molar-refractivity contribution in [3.63, 3.8) is 0 Å². The summed E-state index contributed by atoms with van der Waals surface area (Å²) in [7, 11) is 0. The number of benzene rings is 2. The fourth-order valence-electron chi connectivity index (χ4n) is 3.08. The second-order valence-corrected chi connectivity index (χ2v) is 7.33. The Hall–Kier alpha value is -2.93. The minimum Gasteiger partial charge on any atom is -0.349 e. The lowest BCUT2D eigenvalue weighted by atomic mass is 10.00. The largest absolute Gasteiger partial charge is 0.349 e. The van der Waals surface area contributed by atoms with Crippen molar-refractivity contribution in [2.24, 2.45) is 0 Å². The average Bonchev–Trinajstić information content (AvgIpc) is 3.06. The van der Waals surface area contributed by atoms with Gasteiger partial charge in [-0.25, -0.2) is 0 Å². The van der Waals surface area contributed by atoms with Crippen LogP contribution in [0.3, 0.4) is 0 Å². The van der Waals surface area contributed by atoms with E-state index in [9.17, 15) is 4.79 Å². The molecule has 2 aromatic carbocycles. The summed E-state index contributed by atoms with van der Waals surface area (Å²) in [5, 5.41) is 18.6. The molecule has 2 heterocycles. The van der Waals surface area contributed by atoms with Crippen molar-refractivity contribution in [1.29, 1.82) is 0 Å². The summed E-state index contributed by atoms with van der Waals surface area (Å²) >= 11 is 1.40. The highest BCUT2D eigenvalue weighted by Crippen LogP contribution is 2.24. The molecule has 1 amide bonds. The highest BCUT2D eigenvalue weighted by Gasteiger charge is 2.13. The van der Waals surface area contributed by atoms with Crippen molar-refractivity contribution in [3.8, 4) is 0 Å². The van der Waals surface area contributed by atoms with Crippen LogP contribution in [0.2, 0.25) is 0 Å². The minimum atomic E-state index is -0.0697. The van der Waals surface area contributed by atoms with E-state index in [1.807, 2.05) is 44.2 Å². The molecule has 2 aromatic heterocycles. The Labute approximate surface area is 161 Å². The number of carbonyl (C=O) groups is 1. The van der Waals surface area contributed by atoms with Gasteiger partial charge in [0.15, 0.2) is 11.5 Å². The van der Waals surface area contributed by atoms with E-state index >= 15 is 0 Å². The van der Waals surface area contributed by atoms with Crippen LogP contribution in [0, 0.1) is 6.92 Å². The van der Waals surface area contributed by atoms with E-state index in [-0.39, 0.29) is 11.9 Å². The summed E-state index contributed by atoms with van der Waals surface area (Å²) in [6.45, 7) is 3.86. The molecule has 0 spiro atoms. The maximum Gasteiger partial charge on any atom is 0.230 e. The number of hydrogen-bond acceptors (Lipinski definition) is 5. The van der Waals surface area contributed by atoms with Crippen LogP contribution in [0.25, 0.3) is 16.4 Å². The van der Waals surface area contributed by atoms with Crippen molar-refractivity contribution in [3.05, 3.63) is 66.0 Å². The van der Waals surface area contributed by atoms with Crippen molar-refractivity contribution < 1.29 is 4.79 Å². The standard InChI is InChI=1S/C20H19N5OS/c1-13(16-9-5-7-15-6-3-4-8-17(15)16)21-19(26)12-27-20-11-10-18-23-22-14(2)25(18)24-20/h3-11,13H,12H2,1-2H3,(H,21,26). The first kappa shape index (κ1) is 17.5. The fraction of sp³-hybridized carbons (Fsp3) is 0.200. The van der Waals surface area contributed by atoms with Gasteiger partial charge in [0, 0.05) is 0 Å². The van der Waals surface area contributed by atoms with Crippen LogP contribution in [0.4, 0.5) is 0 Å². The molecule has 1 N–H and O–H groups in total. The van der Waals surface area contributed by atoms with Crippen molar-refractivity contribution in [1.82, 2.24) is 25.1 Å². The van der Waals surface area contributed by atoms with Crippen LogP contribution in [0.1, 0.15) is 24.4 Å². The molecule has 1 atom stereocenters. The van der Waals surface area contributed by atoms with Crippen LogP contribution in [0.5, 0.6) is 0 Å². The Bertz CT molecular complexity index is 1120. The number of rotatable bonds is 5. The van der Waals surface area contributed by atoms with E-state index in [0.29, 0.717) is 11.4 Å². The summed E-state index contributed by atoms with van der Waals surface area (Å²) in [6.07, 6.45) is 0. The number of nitrogens with zero attached hydrogens (tertiary/aromatic N) is 4. The van der Waals surface area contributed by atoms with Gasteiger partial charge in [0.05, 0.1) is 11.8 Å². The first-order chi connectivity index (χ1) is 13.1. The number of carbonyl (C=O) groups excluding carboxylic acids is 1. The van der Waals surface area contributed by atoms with E-state index in [2.05, 4.69) is 44.9 Å². The summed E-state index contributed by atoms with van der Waals surface area (Å²) in [6, 6.07) is 18.0. The van der Waals surface area contributed by atoms with Gasteiger partial charge >= 0.3 is 0 Å². The predicted octanol–water partition coefficient (Wildman–Crippen LogP) is 3.56. The van der Waals surface area contributed by atoms with Crippen LogP contribution < -0.4 is 5.32 Å².